The summed E-state index contributed by atoms with van der Waals surface area (Å²) in [4.78, 5) is 20.9. The van der Waals surface area contributed by atoms with Gasteiger partial charge in [0.25, 0.3) is 0 Å². The fourth-order valence-corrected chi connectivity index (χ4v) is 4.26. The lowest BCUT2D eigenvalue weighted by atomic mass is 9.87. The van der Waals surface area contributed by atoms with Crippen LogP contribution < -0.4 is 9.57 Å². The molecule has 5 nitrogen and oxygen atoms in total. The first-order valence-corrected chi connectivity index (χ1v) is 10.8. The molecule has 0 N–H and O–H groups in total. The van der Waals surface area contributed by atoms with Crippen LogP contribution in [0, 0.1) is 0 Å². The molecule has 5 aromatic rings. The first-order valence-electron chi connectivity index (χ1n) is 10.8. The molecule has 0 unspecified atom stereocenters. The highest BCUT2D eigenvalue weighted by Crippen LogP contribution is 2.42. The smallest absolute Gasteiger partial charge is 0.194 e. The first-order chi connectivity index (χ1) is 16.3. The Hall–Kier alpha value is -4.38. The van der Waals surface area contributed by atoms with Crippen molar-refractivity contribution in [2.24, 2.45) is 0 Å². The van der Waals surface area contributed by atoms with Gasteiger partial charge in [0.1, 0.15) is 24.7 Å². The predicted molar refractivity (Wildman–Crippen MR) is 126 cm³/mol. The summed E-state index contributed by atoms with van der Waals surface area (Å²) in [5.74, 6) is 0.608. The monoisotopic (exact) mass is 432 g/mol. The molecule has 0 atom stereocenters. The second kappa shape index (κ2) is 7.95. The predicted octanol–water partition coefficient (Wildman–Crippen LogP) is 5.46. The summed E-state index contributed by atoms with van der Waals surface area (Å²) in [6.45, 7) is 0.744. The number of hydrogen-bond acceptors (Lipinski definition) is 4. The topological polar surface area (TPSA) is 53.4 Å². The van der Waals surface area contributed by atoms with Crippen LogP contribution in [0.25, 0.3) is 22.2 Å². The summed E-state index contributed by atoms with van der Waals surface area (Å²) in [6.07, 6.45) is 0. The van der Waals surface area contributed by atoms with Gasteiger partial charge in [-0.1, -0.05) is 89.8 Å². The van der Waals surface area contributed by atoms with Gasteiger partial charge in [-0.15, -0.1) is 5.10 Å². The summed E-state index contributed by atoms with van der Waals surface area (Å²) in [5, 5.41) is 5.55. The molecule has 1 aromatic heterocycles. The lowest BCUT2D eigenvalue weighted by Gasteiger charge is -2.16. The van der Waals surface area contributed by atoms with E-state index in [0.29, 0.717) is 35.6 Å². The molecule has 5 heteroatoms. The van der Waals surface area contributed by atoms with Gasteiger partial charge in [-0.2, -0.15) is 0 Å². The Morgan fingerprint density at radius 3 is 2.03 bits per heavy atom. The largest absolute Gasteiger partial charge is 0.486 e. The SMILES string of the molecule is O=C1c2ccccc2-c2nn(OCc3ccccc3)c3c(OCc4ccccc4)ccc1c23. The van der Waals surface area contributed by atoms with Crippen molar-refractivity contribution in [2.45, 2.75) is 13.2 Å². The van der Waals surface area contributed by atoms with Gasteiger partial charge in [-0.25, -0.2) is 0 Å². The standard InChI is InChI=1S/C28H20N2O3/c31-28-22-14-8-7-13-21(22)26-25-23(28)15-16-24(32-17-19-9-3-1-4-10-19)27(25)30(29-26)33-18-20-11-5-2-6-12-20/h1-16H,17-18H2. The molecule has 0 amide bonds. The number of ketones is 1. The summed E-state index contributed by atoms with van der Waals surface area (Å²) in [7, 11) is 0. The number of rotatable bonds is 6. The Bertz CT molecular complexity index is 1470. The van der Waals surface area contributed by atoms with E-state index in [2.05, 4.69) is 0 Å². The van der Waals surface area contributed by atoms with Crippen LogP contribution in [0.5, 0.6) is 5.75 Å². The van der Waals surface area contributed by atoms with Crippen molar-refractivity contribution in [1.82, 2.24) is 9.94 Å². The van der Waals surface area contributed by atoms with Crippen LogP contribution in [0.15, 0.2) is 97.1 Å². The molecular formula is C28H20N2O3. The summed E-state index contributed by atoms with van der Waals surface area (Å²) in [6, 6.07) is 31.1. The number of carbonyl (C=O) groups is 1. The lowest BCUT2D eigenvalue weighted by molar-refractivity contribution is 0.0788. The molecule has 6 rings (SSSR count). The summed E-state index contributed by atoms with van der Waals surface area (Å²) < 4.78 is 6.21. The zero-order chi connectivity index (χ0) is 22.2. The number of ether oxygens (including phenoxy) is 1. The van der Waals surface area contributed by atoms with Gasteiger partial charge in [0.15, 0.2) is 11.3 Å². The molecule has 0 saturated heterocycles. The molecule has 0 spiro atoms. The van der Waals surface area contributed by atoms with E-state index in [1.807, 2.05) is 97.1 Å². The normalized spacial score (nSPS) is 11.9. The van der Waals surface area contributed by atoms with Crippen molar-refractivity contribution >= 4 is 16.7 Å². The van der Waals surface area contributed by atoms with Crippen LogP contribution in [-0.2, 0) is 13.2 Å². The van der Waals surface area contributed by atoms with Crippen LogP contribution in [-0.4, -0.2) is 15.7 Å². The molecule has 0 fully saturated rings. The highest BCUT2D eigenvalue weighted by atomic mass is 16.7. The van der Waals surface area contributed by atoms with Crippen LogP contribution in [0.4, 0.5) is 0 Å². The zero-order valence-corrected chi connectivity index (χ0v) is 17.8. The van der Waals surface area contributed by atoms with Crippen molar-refractivity contribution in [2.75, 3.05) is 0 Å². The minimum Gasteiger partial charge on any atom is -0.486 e. The molecule has 160 valence electrons. The maximum Gasteiger partial charge on any atom is 0.194 e. The van der Waals surface area contributed by atoms with E-state index >= 15 is 0 Å². The molecule has 33 heavy (non-hydrogen) atoms. The zero-order valence-electron chi connectivity index (χ0n) is 17.8. The Labute approximate surface area is 190 Å². The van der Waals surface area contributed by atoms with Crippen molar-refractivity contribution in [3.8, 4) is 17.0 Å². The molecule has 1 heterocycles. The van der Waals surface area contributed by atoms with Crippen molar-refractivity contribution in [3.05, 3.63) is 119 Å². The van der Waals surface area contributed by atoms with E-state index in [-0.39, 0.29) is 5.78 Å². The van der Waals surface area contributed by atoms with Crippen LogP contribution in [0.1, 0.15) is 27.0 Å². The summed E-state index contributed by atoms with van der Waals surface area (Å²) in [5.41, 5.74) is 5.54. The molecule has 0 radical (unpaired) electrons. The number of aromatic nitrogens is 2. The Balaban J connectivity index is 1.48. The lowest BCUT2D eigenvalue weighted by Crippen LogP contribution is -2.13. The molecule has 4 aromatic carbocycles. The minimum atomic E-state index is -0.0136. The quantitative estimate of drug-likeness (QED) is 0.351. The van der Waals surface area contributed by atoms with Gasteiger partial charge in [0, 0.05) is 22.1 Å². The van der Waals surface area contributed by atoms with E-state index in [0.717, 1.165) is 27.8 Å². The average Bonchev–Trinajstić information content (AvgIpc) is 3.27. The highest BCUT2D eigenvalue weighted by Gasteiger charge is 2.31. The van der Waals surface area contributed by atoms with Gasteiger partial charge in [0.2, 0.25) is 0 Å². The van der Waals surface area contributed by atoms with Gasteiger partial charge in [-0.05, 0) is 23.3 Å². The van der Waals surface area contributed by atoms with Crippen molar-refractivity contribution < 1.29 is 14.4 Å². The molecule has 1 aliphatic rings. The third kappa shape index (κ3) is 3.34. The Morgan fingerprint density at radius 1 is 0.667 bits per heavy atom. The highest BCUT2D eigenvalue weighted by molar-refractivity contribution is 6.25. The van der Waals surface area contributed by atoms with E-state index in [1.165, 1.54) is 4.85 Å². The van der Waals surface area contributed by atoms with Gasteiger partial charge in [-0.3, -0.25) is 4.79 Å². The Morgan fingerprint density at radius 2 is 1.30 bits per heavy atom. The van der Waals surface area contributed by atoms with E-state index in [4.69, 9.17) is 14.7 Å². The fourth-order valence-electron chi connectivity index (χ4n) is 4.26. The molecule has 1 aliphatic carbocycles. The molecule has 0 aliphatic heterocycles. The average molecular weight is 432 g/mol. The van der Waals surface area contributed by atoms with Crippen LogP contribution in [0.3, 0.4) is 0 Å². The van der Waals surface area contributed by atoms with E-state index in [9.17, 15) is 4.79 Å². The number of benzene rings is 4. The van der Waals surface area contributed by atoms with Crippen LogP contribution in [0.2, 0.25) is 0 Å². The number of carbonyl (C=O) groups excluding carboxylic acids is 1. The fraction of sp³-hybridized carbons (Fsp3) is 0.0714. The molecular weight excluding hydrogens is 412 g/mol. The van der Waals surface area contributed by atoms with E-state index in [1.54, 1.807) is 0 Å². The summed E-state index contributed by atoms with van der Waals surface area (Å²) >= 11 is 0. The third-order valence-corrected chi connectivity index (χ3v) is 5.86. The minimum absolute atomic E-state index is 0.0136. The number of fused-ring (bicyclic) bond motifs is 2. The van der Waals surface area contributed by atoms with Gasteiger partial charge < -0.3 is 9.57 Å². The van der Waals surface area contributed by atoms with Crippen molar-refractivity contribution in [3.63, 3.8) is 0 Å². The maximum absolute atomic E-state index is 13.3. The maximum atomic E-state index is 13.3. The van der Waals surface area contributed by atoms with Gasteiger partial charge in [0.05, 0.1) is 0 Å². The number of hydrogen-bond donors (Lipinski definition) is 0. The molecule has 0 bridgehead atoms. The Kier molecular flexibility index (Phi) is 4.65. The van der Waals surface area contributed by atoms with E-state index < -0.39 is 0 Å². The van der Waals surface area contributed by atoms with Crippen LogP contribution >= 0.6 is 0 Å². The second-order valence-electron chi connectivity index (χ2n) is 7.96. The van der Waals surface area contributed by atoms with Gasteiger partial charge >= 0.3 is 0 Å². The van der Waals surface area contributed by atoms with Crippen molar-refractivity contribution in [1.29, 1.82) is 0 Å². The third-order valence-electron chi connectivity index (χ3n) is 5.86. The second-order valence-corrected chi connectivity index (χ2v) is 7.96. The first kappa shape index (κ1) is 19.3. The molecule has 0 saturated carbocycles. The number of nitrogens with zero attached hydrogens (tertiary/aromatic N) is 2.